The Kier molecular flexibility index (Phi) is 4.35. The molecule has 1 aromatic rings. The van der Waals surface area contributed by atoms with Crippen molar-refractivity contribution < 1.29 is 9.90 Å². The van der Waals surface area contributed by atoms with Gasteiger partial charge in [-0.3, -0.25) is 4.79 Å². The van der Waals surface area contributed by atoms with E-state index in [0.29, 0.717) is 12.2 Å². The molecule has 2 rings (SSSR count). The molecule has 4 nitrogen and oxygen atoms in total. The lowest BCUT2D eigenvalue weighted by atomic mass is 9.85. The predicted molar refractivity (Wildman–Crippen MR) is 72.3 cm³/mol. The highest BCUT2D eigenvalue weighted by Crippen LogP contribution is 2.27. The molecule has 0 bridgehead atoms. The lowest BCUT2D eigenvalue weighted by molar-refractivity contribution is 0.00521. The first-order chi connectivity index (χ1) is 8.59. The number of carbonyl (C=O) groups is 1. The third-order valence-electron chi connectivity index (χ3n) is 3.32. The highest BCUT2D eigenvalue weighted by molar-refractivity contribution is 9.10. The number of aliphatic hydroxyl groups is 1. The van der Waals surface area contributed by atoms with Gasteiger partial charge in [-0.05, 0) is 40.9 Å². The fourth-order valence-electron chi connectivity index (χ4n) is 2.23. The number of aromatic nitrogens is 1. The van der Waals surface area contributed by atoms with Crippen molar-refractivity contribution in [1.82, 2.24) is 10.3 Å². The van der Waals surface area contributed by atoms with Crippen LogP contribution in [0.4, 0.5) is 0 Å². The van der Waals surface area contributed by atoms with Gasteiger partial charge in [-0.1, -0.05) is 19.3 Å². The summed E-state index contributed by atoms with van der Waals surface area (Å²) in [6.07, 6.45) is 6.35. The first-order valence-electron chi connectivity index (χ1n) is 6.21. The van der Waals surface area contributed by atoms with E-state index in [9.17, 15) is 9.90 Å². The van der Waals surface area contributed by atoms with Crippen LogP contribution in [0, 0.1) is 0 Å². The van der Waals surface area contributed by atoms with E-state index in [-0.39, 0.29) is 5.91 Å². The van der Waals surface area contributed by atoms with Crippen LogP contribution in [-0.4, -0.2) is 28.1 Å². The summed E-state index contributed by atoms with van der Waals surface area (Å²) in [7, 11) is 0. The second-order valence-corrected chi connectivity index (χ2v) is 5.75. The second-order valence-electron chi connectivity index (χ2n) is 4.83. The number of amides is 1. The van der Waals surface area contributed by atoms with Gasteiger partial charge in [0.25, 0.3) is 5.91 Å². The van der Waals surface area contributed by atoms with E-state index in [2.05, 4.69) is 26.2 Å². The molecule has 0 saturated heterocycles. The van der Waals surface area contributed by atoms with Gasteiger partial charge in [0.1, 0.15) is 5.69 Å². The summed E-state index contributed by atoms with van der Waals surface area (Å²) in [4.78, 5) is 15.9. The van der Waals surface area contributed by atoms with E-state index in [4.69, 9.17) is 0 Å². The van der Waals surface area contributed by atoms with Gasteiger partial charge in [0.05, 0.1) is 5.60 Å². The number of nitrogens with zero attached hydrogens (tertiary/aromatic N) is 1. The number of pyridine rings is 1. The van der Waals surface area contributed by atoms with Crippen LogP contribution in [0.15, 0.2) is 22.8 Å². The molecule has 0 spiro atoms. The molecule has 1 amide bonds. The Labute approximate surface area is 115 Å². The molecular weight excluding hydrogens is 296 g/mol. The largest absolute Gasteiger partial charge is 0.388 e. The van der Waals surface area contributed by atoms with Gasteiger partial charge in [-0.15, -0.1) is 0 Å². The van der Waals surface area contributed by atoms with Crippen molar-refractivity contribution >= 4 is 21.8 Å². The maximum Gasteiger partial charge on any atom is 0.269 e. The zero-order valence-electron chi connectivity index (χ0n) is 10.2. The summed E-state index contributed by atoms with van der Waals surface area (Å²) >= 11 is 3.27. The van der Waals surface area contributed by atoms with Crippen LogP contribution < -0.4 is 5.32 Å². The maximum absolute atomic E-state index is 11.8. The molecule has 0 aliphatic heterocycles. The van der Waals surface area contributed by atoms with Crippen molar-refractivity contribution in [3.05, 3.63) is 28.5 Å². The summed E-state index contributed by atoms with van der Waals surface area (Å²) < 4.78 is 0.838. The predicted octanol–water partition coefficient (Wildman–Crippen LogP) is 2.27. The van der Waals surface area contributed by atoms with E-state index in [1.54, 1.807) is 18.3 Å². The van der Waals surface area contributed by atoms with Crippen LogP contribution in [0.1, 0.15) is 42.6 Å². The number of hydrogen-bond donors (Lipinski definition) is 2. The number of rotatable bonds is 3. The zero-order chi connectivity index (χ0) is 13.0. The highest BCUT2D eigenvalue weighted by Gasteiger charge is 2.29. The Balaban J connectivity index is 1.89. The lowest BCUT2D eigenvalue weighted by Crippen LogP contribution is -2.44. The molecule has 1 aliphatic rings. The molecule has 98 valence electrons. The summed E-state index contributed by atoms with van der Waals surface area (Å²) in [5.74, 6) is -0.235. The third kappa shape index (κ3) is 3.53. The fourth-order valence-corrected chi connectivity index (χ4v) is 2.47. The van der Waals surface area contributed by atoms with Gasteiger partial charge in [-0.2, -0.15) is 0 Å². The summed E-state index contributed by atoms with van der Waals surface area (Å²) in [5.41, 5.74) is -0.360. The SMILES string of the molecule is O=C(NCC1(O)CCCCC1)c1ccc(Br)cn1. The first-order valence-corrected chi connectivity index (χ1v) is 7.01. The summed E-state index contributed by atoms with van der Waals surface area (Å²) in [6.45, 7) is 0.309. The van der Waals surface area contributed by atoms with Crippen LogP contribution >= 0.6 is 15.9 Å². The van der Waals surface area contributed by atoms with Crippen LogP contribution in [0.5, 0.6) is 0 Å². The molecule has 0 unspecified atom stereocenters. The average Bonchev–Trinajstić information content (AvgIpc) is 2.38. The third-order valence-corrected chi connectivity index (χ3v) is 3.79. The molecule has 1 aliphatic carbocycles. The first kappa shape index (κ1) is 13.5. The van der Waals surface area contributed by atoms with Gasteiger partial charge in [0.15, 0.2) is 0 Å². The topological polar surface area (TPSA) is 62.2 Å². The van der Waals surface area contributed by atoms with Crippen molar-refractivity contribution in [3.8, 4) is 0 Å². The van der Waals surface area contributed by atoms with E-state index in [0.717, 1.165) is 30.2 Å². The van der Waals surface area contributed by atoms with Gasteiger partial charge in [0, 0.05) is 17.2 Å². The zero-order valence-corrected chi connectivity index (χ0v) is 11.7. The van der Waals surface area contributed by atoms with E-state index in [1.807, 2.05) is 0 Å². The smallest absolute Gasteiger partial charge is 0.269 e. The Hall–Kier alpha value is -0.940. The number of hydrogen-bond acceptors (Lipinski definition) is 3. The maximum atomic E-state index is 11.8. The van der Waals surface area contributed by atoms with Crippen LogP contribution in [-0.2, 0) is 0 Å². The van der Waals surface area contributed by atoms with Crippen LogP contribution in [0.2, 0.25) is 0 Å². The molecule has 2 N–H and O–H groups in total. The lowest BCUT2D eigenvalue weighted by Gasteiger charge is -2.32. The van der Waals surface area contributed by atoms with Gasteiger partial charge in [0.2, 0.25) is 0 Å². The molecule has 0 radical (unpaired) electrons. The molecule has 1 heterocycles. The Morgan fingerprint density at radius 2 is 2.11 bits per heavy atom. The number of carbonyl (C=O) groups excluding carboxylic acids is 1. The number of nitrogens with one attached hydrogen (secondary N) is 1. The average molecular weight is 313 g/mol. The van der Waals surface area contributed by atoms with Gasteiger partial charge in [-0.25, -0.2) is 4.98 Å². The summed E-state index contributed by atoms with van der Waals surface area (Å²) in [5, 5.41) is 13.0. The minimum atomic E-state index is -0.733. The minimum Gasteiger partial charge on any atom is -0.388 e. The molecule has 18 heavy (non-hydrogen) atoms. The van der Waals surface area contributed by atoms with Crippen molar-refractivity contribution in [2.45, 2.75) is 37.7 Å². The van der Waals surface area contributed by atoms with Crippen molar-refractivity contribution in [3.63, 3.8) is 0 Å². The monoisotopic (exact) mass is 312 g/mol. The van der Waals surface area contributed by atoms with Crippen LogP contribution in [0.3, 0.4) is 0 Å². The molecule has 1 aromatic heterocycles. The van der Waals surface area contributed by atoms with E-state index < -0.39 is 5.60 Å². The standard InChI is InChI=1S/C13H17BrN2O2/c14-10-4-5-11(15-8-10)12(17)16-9-13(18)6-2-1-3-7-13/h4-5,8,18H,1-3,6-7,9H2,(H,16,17). The highest BCUT2D eigenvalue weighted by atomic mass is 79.9. The fraction of sp³-hybridized carbons (Fsp3) is 0.538. The molecular formula is C13H17BrN2O2. The summed E-state index contributed by atoms with van der Waals surface area (Å²) in [6, 6.07) is 3.43. The molecule has 0 atom stereocenters. The quantitative estimate of drug-likeness (QED) is 0.900. The molecule has 1 fully saturated rings. The Bertz CT molecular complexity index is 414. The molecule has 5 heteroatoms. The van der Waals surface area contributed by atoms with Crippen LogP contribution in [0.25, 0.3) is 0 Å². The molecule has 0 aromatic carbocycles. The minimum absolute atomic E-state index is 0.235. The normalized spacial score (nSPS) is 18.3. The Morgan fingerprint density at radius 3 is 2.72 bits per heavy atom. The Morgan fingerprint density at radius 1 is 1.39 bits per heavy atom. The van der Waals surface area contributed by atoms with E-state index >= 15 is 0 Å². The van der Waals surface area contributed by atoms with Crippen molar-refractivity contribution in [1.29, 1.82) is 0 Å². The van der Waals surface area contributed by atoms with Gasteiger partial charge >= 0.3 is 0 Å². The number of halogens is 1. The molecule has 1 saturated carbocycles. The van der Waals surface area contributed by atoms with Crippen molar-refractivity contribution in [2.24, 2.45) is 0 Å². The van der Waals surface area contributed by atoms with Crippen molar-refractivity contribution in [2.75, 3.05) is 6.54 Å². The van der Waals surface area contributed by atoms with E-state index in [1.165, 1.54) is 6.42 Å². The van der Waals surface area contributed by atoms with Gasteiger partial charge < -0.3 is 10.4 Å². The second kappa shape index (κ2) is 5.80.